The molecule has 0 bridgehead atoms. The van der Waals surface area contributed by atoms with E-state index in [1.807, 2.05) is 40.3 Å². The SMILES string of the molecule is O=C(N=c1nc2ccc(Br)cn2s1)c1ccccc1. The molecule has 6 heteroatoms. The molecule has 0 radical (unpaired) electrons. The van der Waals surface area contributed by atoms with E-state index in [4.69, 9.17) is 0 Å². The molecule has 0 aliphatic carbocycles. The average Bonchev–Trinajstić information content (AvgIpc) is 2.81. The third-order valence-corrected chi connectivity index (χ3v) is 3.77. The molecule has 0 N–H and O–H groups in total. The van der Waals surface area contributed by atoms with Gasteiger partial charge in [0.1, 0.15) is 5.65 Å². The zero-order valence-corrected chi connectivity index (χ0v) is 12.1. The first-order chi connectivity index (χ1) is 9.22. The van der Waals surface area contributed by atoms with Crippen molar-refractivity contribution in [2.45, 2.75) is 0 Å². The number of fused-ring (bicyclic) bond motifs is 1. The van der Waals surface area contributed by atoms with E-state index in [2.05, 4.69) is 25.9 Å². The smallest absolute Gasteiger partial charge is 0.267 e. The number of benzene rings is 1. The number of halogens is 1. The Labute approximate surface area is 121 Å². The van der Waals surface area contributed by atoms with Gasteiger partial charge in [0.25, 0.3) is 5.91 Å². The number of hydrogen-bond acceptors (Lipinski definition) is 3. The topological polar surface area (TPSA) is 46.7 Å². The Bertz CT molecular complexity index is 807. The lowest BCUT2D eigenvalue weighted by atomic mass is 10.2. The largest absolute Gasteiger partial charge is 0.279 e. The summed E-state index contributed by atoms with van der Waals surface area (Å²) in [4.78, 5) is 20.7. The molecule has 0 aliphatic heterocycles. The standard InChI is InChI=1S/C13H8BrN3OS/c14-10-6-7-11-15-13(19-17(11)8-10)16-12(18)9-4-2-1-3-5-9/h1-8H. The number of carbonyl (C=O) groups excluding carboxylic acids is 1. The first-order valence-corrected chi connectivity index (χ1v) is 7.08. The van der Waals surface area contributed by atoms with Crippen LogP contribution in [0.1, 0.15) is 10.4 Å². The summed E-state index contributed by atoms with van der Waals surface area (Å²) < 4.78 is 2.82. The van der Waals surface area contributed by atoms with E-state index in [0.29, 0.717) is 10.4 Å². The number of carbonyl (C=O) groups is 1. The van der Waals surface area contributed by atoms with E-state index < -0.39 is 0 Å². The Balaban J connectivity index is 2.04. The molecule has 4 nitrogen and oxygen atoms in total. The van der Waals surface area contributed by atoms with Crippen LogP contribution in [-0.4, -0.2) is 14.7 Å². The molecule has 0 saturated carbocycles. The van der Waals surface area contributed by atoms with Crippen LogP contribution in [0.4, 0.5) is 0 Å². The summed E-state index contributed by atoms with van der Waals surface area (Å²) in [5.41, 5.74) is 1.33. The quantitative estimate of drug-likeness (QED) is 0.687. The van der Waals surface area contributed by atoms with E-state index in [1.54, 1.807) is 12.1 Å². The predicted molar refractivity (Wildman–Crippen MR) is 77.1 cm³/mol. The highest BCUT2D eigenvalue weighted by atomic mass is 79.9. The van der Waals surface area contributed by atoms with Crippen molar-refractivity contribution < 1.29 is 4.79 Å². The lowest BCUT2D eigenvalue weighted by Gasteiger charge is -1.90. The van der Waals surface area contributed by atoms with Crippen LogP contribution in [0.3, 0.4) is 0 Å². The molecule has 0 spiro atoms. The maximum Gasteiger partial charge on any atom is 0.279 e. The fraction of sp³-hybridized carbons (Fsp3) is 0. The number of hydrogen-bond donors (Lipinski definition) is 0. The zero-order chi connectivity index (χ0) is 13.2. The lowest BCUT2D eigenvalue weighted by molar-refractivity contribution is 0.0998. The normalized spacial score (nSPS) is 11.9. The Morgan fingerprint density at radius 3 is 2.79 bits per heavy atom. The Kier molecular flexibility index (Phi) is 3.27. The predicted octanol–water partition coefficient (Wildman–Crippen LogP) is 2.90. The van der Waals surface area contributed by atoms with Crippen LogP contribution in [-0.2, 0) is 0 Å². The fourth-order valence-electron chi connectivity index (χ4n) is 1.59. The average molecular weight is 334 g/mol. The van der Waals surface area contributed by atoms with Gasteiger partial charge in [0.2, 0.25) is 4.80 Å². The van der Waals surface area contributed by atoms with Gasteiger partial charge in [0, 0.05) is 16.2 Å². The van der Waals surface area contributed by atoms with Gasteiger partial charge in [-0.1, -0.05) is 18.2 Å². The number of pyridine rings is 1. The highest BCUT2D eigenvalue weighted by molar-refractivity contribution is 9.10. The number of aromatic nitrogens is 2. The summed E-state index contributed by atoms with van der Waals surface area (Å²) in [6.07, 6.45) is 1.89. The summed E-state index contributed by atoms with van der Waals surface area (Å²) in [5.74, 6) is -0.278. The Hall–Kier alpha value is -1.79. The van der Waals surface area contributed by atoms with Gasteiger partial charge in [0.05, 0.1) is 0 Å². The van der Waals surface area contributed by atoms with Crippen molar-refractivity contribution in [1.29, 1.82) is 0 Å². The number of rotatable bonds is 1. The second kappa shape index (κ2) is 5.07. The number of nitrogens with zero attached hydrogens (tertiary/aromatic N) is 3. The van der Waals surface area contributed by atoms with Crippen molar-refractivity contribution in [3.63, 3.8) is 0 Å². The molecule has 0 fully saturated rings. The summed E-state index contributed by atoms with van der Waals surface area (Å²) in [7, 11) is 0. The monoisotopic (exact) mass is 333 g/mol. The second-order valence-electron chi connectivity index (χ2n) is 3.80. The van der Waals surface area contributed by atoms with Crippen molar-refractivity contribution in [3.8, 4) is 0 Å². The van der Waals surface area contributed by atoms with E-state index >= 15 is 0 Å². The van der Waals surface area contributed by atoms with Crippen LogP contribution in [0.5, 0.6) is 0 Å². The Morgan fingerprint density at radius 1 is 1.21 bits per heavy atom. The Morgan fingerprint density at radius 2 is 2.00 bits per heavy atom. The van der Waals surface area contributed by atoms with Crippen molar-refractivity contribution in [2.24, 2.45) is 4.99 Å². The minimum absolute atomic E-state index is 0.278. The summed E-state index contributed by atoms with van der Waals surface area (Å²) in [5, 5.41) is 0. The molecule has 19 heavy (non-hydrogen) atoms. The minimum atomic E-state index is -0.278. The zero-order valence-electron chi connectivity index (χ0n) is 9.65. The van der Waals surface area contributed by atoms with Gasteiger partial charge in [-0.2, -0.15) is 9.98 Å². The molecular formula is C13H8BrN3OS. The summed E-state index contributed by atoms with van der Waals surface area (Å²) in [6, 6.07) is 12.7. The van der Waals surface area contributed by atoms with Crippen LogP contribution < -0.4 is 4.80 Å². The summed E-state index contributed by atoms with van der Waals surface area (Å²) in [6.45, 7) is 0. The molecule has 0 saturated heterocycles. The molecule has 94 valence electrons. The van der Waals surface area contributed by atoms with Crippen molar-refractivity contribution >= 4 is 39.0 Å². The molecule has 1 amide bonds. The highest BCUT2D eigenvalue weighted by Crippen LogP contribution is 2.11. The van der Waals surface area contributed by atoms with Crippen molar-refractivity contribution in [3.05, 3.63) is 63.5 Å². The number of amides is 1. The van der Waals surface area contributed by atoms with E-state index in [0.717, 1.165) is 10.1 Å². The van der Waals surface area contributed by atoms with E-state index in [-0.39, 0.29) is 5.91 Å². The molecule has 2 aromatic heterocycles. The first-order valence-electron chi connectivity index (χ1n) is 5.52. The minimum Gasteiger partial charge on any atom is -0.267 e. The molecule has 0 unspecified atom stereocenters. The molecule has 3 rings (SSSR count). The van der Waals surface area contributed by atoms with Crippen LogP contribution in [0.15, 0.2) is 58.1 Å². The molecule has 0 aliphatic rings. The molecule has 2 heterocycles. The molecular weight excluding hydrogens is 326 g/mol. The third-order valence-electron chi connectivity index (χ3n) is 2.47. The molecule has 0 atom stereocenters. The van der Waals surface area contributed by atoms with Crippen molar-refractivity contribution in [1.82, 2.24) is 8.77 Å². The highest BCUT2D eigenvalue weighted by Gasteiger charge is 2.04. The maximum absolute atomic E-state index is 11.9. The fourth-order valence-corrected chi connectivity index (χ4v) is 2.86. The first kappa shape index (κ1) is 12.3. The van der Waals surface area contributed by atoms with Gasteiger partial charge in [-0.05, 0) is 51.7 Å². The van der Waals surface area contributed by atoms with Crippen LogP contribution in [0.2, 0.25) is 0 Å². The van der Waals surface area contributed by atoms with Gasteiger partial charge in [-0.15, -0.1) is 0 Å². The van der Waals surface area contributed by atoms with Crippen LogP contribution in [0.25, 0.3) is 5.65 Å². The van der Waals surface area contributed by atoms with Crippen LogP contribution >= 0.6 is 27.5 Å². The van der Waals surface area contributed by atoms with Gasteiger partial charge in [-0.25, -0.2) is 0 Å². The van der Waals surface area contributed by atoms with Crippen LogP contribution in [0, 0.1) is 0 Å². The van der Waals surface area contributed by atoms with Gasteiger partial charge < -0.3 is 0 Å². The van der Waals surface area contributed by atoms with Crippen molar-refractivity contribution in [2.75, 3.05) is 0 Å². The molecule has 3 aromatic rings. The summed E-state index contributed by atoms with van der Waals surface area (Å²) >= 11 is 4.71. The van der Waals surface area contributed by atoms with E-state index in [1.165, 1.54) is 11.5 Å². The van der Waals surface area contributed by atoms with Gasteiger partial charge >= 0.3 is 0 Å². The van der Waals surface area contributed by atoms with Gasteiger partial charge in [-0.3, -0.25) is 8.58 Å². The van der Waals surface area contributed by atoms with E-state index in [9.17, 15) is 4.79 Å². The third kappa shape index (κ3) is 2.64. The maximum atomic E-state index is 11.9. The lowest BCUT2D eigenvalue weighted by Crippen LogP contribution is -2.04. The second-order valence-corrected chi connectivity index (χ2v) is 5.66. The molecule has 1 aromatic carbocycles. The van der Waals surface area contributed by atoms with Gasteiger partial charge in [0.15, 0.2) is 0 Å².